The summed E-state index contributed by atoms with van der Waals surface area (Å²) in [5.74, 6) is 0.487. The zero-order valence-electron chi connectivity index (χ0n) is 16.1. The molecular weight excluding hydrogens is 333 g/mol. The number of piperidine rings is 1. The molecule has 1 amide bonds. The van der Waals surface area contributed by atoms with E-state index in [1.54, 1.807) is 26.2 Å². The van der Waals surface area contributed by atoms with Crippen molar-refractivity contribution in [3.63, 3.8) is 0 Å². The highest BCUT2D eigenvalue weighted by Gasteiger charge is 2.27. The van der Waals surface area contributed by atoms with Gasteiger partial charge >= 0.3 is 0 Å². The number of nitrogens with zero attached hydrogens (tertiary/aromatic N) is 2. The lowest BCUT2D eigenvalue weighted by Crippen LogP contribution is -2.51. The Balaban J connectivity index is 1.82. The van der Waals surface area contributed by atoms with Crippen LogP contribution in [-0.4, -0.2) is 51.6 Å². The molecular formula is C19H30FN5O. The van der Waals surface area contributed by atoms with Gasteiger partial charge in [0.1, 0.15) is 5.82 Å². The summed E-state index contributed by atoms with van der Waals surface area (Å²) >= 11 is 0. The summed E-state index contributed by atoms with van der Waals surface area (Å²) in [5.41, 5.74) is 0.408. The van der Waals surface area contributed by atoms with Crippen LogP contribution in [0.4, 0.5) is 10.1 Å². The Morgan fingerprint density at radius 3 is 2.62 bits per heavy atom. The third kappa shape index (κ3) is 5.34. The summed E-state index contributed by atoms with van der Waals surface area (Å²) in [5, 5.41) is 9.34. The van der Waals surface area contributed by atoms with Gasteiger partial charge in [0.15, 0.2) is 5.96 Å². The normalized spacial score (nSPS) is 16.3. The molecule has 0 unspecified atom stereocenters. The molecule has 1 aromatic carbocycles. The fourth-order valence-electron chi connectivity index (χ4n) is 3.07. The maximum absolute atomic E-state index is 13.4. The Hall–Kier alpha value is -2.31. The van der Waals surface area contributed by atoms with E-state index < -0.39 is 5.41 Å². The summed E-state index contributed by atoms with van der Waals surface area (Å²) in [7, 11) is 3.37. The van der Waals surface area contributed by atoms with E-state index >= 15 is 0 Å². The molecule has 0 bridgehead atoms. The number of nitrogens with one attached hydrogen (secondary N) is 3. The van der Waals surface area contributed by atoms with Crippen molar-refractivity contribution in [1.29, 1.82) is 0 Å². The van der Waals surface area contributed by atoms with Gasteiger partial charge in [0, 0.05) is 45.5 Å². The number of rotatable bonds is 5. The number of amides is 1. The first kappa shape index (κ1) is 20.0. The minimum atomic E-state index is -0.521. The summed E-state index contributed by atoms with van der Waals surface area (Å²) in [6.45, 7) is 6.01. The lowest BCUT2D eigenvalue weighted by molar-refractivity contribution is -0.128. The molecule has 7 heteroatoms. The van der Waals surface area contributed by atoms with Gasteiger partial charge in [-0.15, -0.1) is 0 Å². The molecule has 3 N–H and O–H groups in total. The van der Waals surface area contributed by atoms with Crippen LogP contribution in [0.5, 0.6) is 0 Å². The molecule has 0 spiro atoms. The van der Waals surface area contributed by atoms with Crippen LogP contribution in [0.2, 0.25) is 0 Å². The van der Waals surface area contributed by atoms with Gasteiger partial charge in [-0.25, -0.2) is 4.39 Å². The van der Waals surface area contributed by atoms with Crippen molar-refractivity contribution < 1.29 is 9.18 Å². The lowest BCUT2D eigenvalue weighted by Gasteiger charge is -2.35. The second-order valence-corrected chi connectivity index (χ2v) is 7.27. The second kappa shape index (κ2) is 8.87. The average Bonchev–Trinajstić information content (AvgIpc) is 2.64. The third-order valence-corrected chi connectivity index (χ3v) is 4.77. The van der Waals surface area contributed by atoms with E-state index in [1.165, 1.54) is 6.07 Å². The third-order valence-electron chi connectivity index (χ3n) is 4.77. The zero-order chi connectivity index (χ0) is 19.2. The fourth-order valence-corrected chi connectivity index (χ4v) is 3.07. The molecule has 6 nitrogen and oxygen atoms in total. The van der Waals surface area contributed by atoms with E-state index in [4.69, 9.17) is 0 Å². The van der Waals surface area contributed by atoms with E-state index in [1.807, 2.05) is 19.9 Å². The Morgan fingerprint density at radius 1 is 1.35 bits per heavy atom. The number of hydrogen-bond donors (Lipinski definition) is 3. The maximum Gasteiger partial charge on any atom is 0.227 e. The summed E-state index contributed by atoms with van der Waals surface area (Å²) in [6, 6.07) is 7.03. The molecule has 1 aromatic rings. The quantitative estimate of drug-likeness (QED) is 0.551. The Bertz CT molecular complexity index is 639. The first-order chi connectivity index (χ1) is 12.4. The smallest absolute Gasteiger partial charge is 0.227 e. The first-order valence-electron chi connectivity index (χ1n) is 9.05. The van der Waals surface area contributed by atoms with Gasteiger partial charge in [0.05, 0.1) is 5.41 Å². The number of aliphatic imine (C=N–C) groups is 1. The van der Waals surface area contributed by atoms with Crippen LogP contribution in [0.3, 0.4) is 0 Å². The molecule has 0 aliphatic carbocycles. The molecule has 144 valence electrons. The molecule has 0 radical (unpaired) electrons. The SMILES string of the molecule is CN=C(NCC(C)(C)C(=O)NC)NC1CCN(c2cccc(F)c2)CC1. The number of hydrogen-bond acceptors (Lipinski definition) is 3. The molecule has 2 rings (SSSR count). The second-order valence-electron chi connectivity index (χ2n) is 7.27. The fraction of sp³-hybridized carbons (Fsp3) is 0.579. The minimum absolute atomic E-state index is 0.0103. The van der Waals surface area contributed by atoms with Gasteiger partial charge in [-0.1, -0.05) is 6.07 Å². The number of benzene rings is 1. The van der Waals surface area contributed by atoms with Crippen LogP contribution in [0.15, 0.2) is 29.3 Å². The van der Waals surface area contributed by atoms with Crippen molar-refractivity contribution in [2.24, 2.45) is 10.4 Å². The predicted octanol–water partition coefficient (Wildman–Crippen LogP) is 1.73. The van der Waals surface area contributed by atoms with Crippen molar-refractivity contribution in [3.05, 3.63) is 30.1 Å². The molecule has 1 saturated heterocycles. The largest absolute Gasteiger partial charge is 0.371 e. The molecule has 1 aliphatic rings. The molecule has 1 fully saturated rings. The van der Waals surface area contributed by atoms with Crippen LogP contribution in [-0.2, 0) is 4.79 Å². The van der Waals surface area contributed by atoms with Crippen molar-refractivity contribution in [2.45, 2.75) is 32.7 Å². The van der Waals surface area contributed by atoms with Crippen molar-refractivity contribution >= 4 is 17.6 Å². The van der Waals surface area contributed by atoms with Crippen molar-refractivity contribution in [3.8, 4) is 0 Å². The Kier molecular flexibility index (Phi) is 6.83. The summed E-state index contributed by atoms with van der Waals surface area (Å²) in [4.78, 5) is 18.3. The number of carbonyl (C=O) groups excluding carboxylic acids is 1. The maximum atomic E-state index is 13.4. The van der Waals surface area contributed by atoms with Crippen LogP contribution >= 0.6 is 0 Å². The van der Waals surface area contributed by atoms with E-state index in [-0.39, 0.29) is 11.7 Å². The number of guanidine groups is 1. The van der Waals surface area contributed by atoms with Gasteiger partial charge in [0.25, 0.3) is 0 Å². The molecule has 0 saturated carbocycles. The van der Waals surface area contributed by atoms with Gasteiger partial charge < -0.3 is 20.9 Å². The van der Waals surface area contributed by atoms with Crippen LogP contribution < -0.4 is 20.9 Å². The molecule has 26 heavy (non-hydrogen) atoms. The topological polar surface area (TPSA) is 68.8 Å². The number of halogens is 1. The van der Waals surface area contributed by atoms with Gasteiger partial charge in [-0.3, -0.25) is 9.79 Å². The molecule has 1 aliphatic heterocycles. The lowest BCUT2D eigenvalue weighted by atomic mass is 9.92. The van der Waals surface area contributed by atoms with Gasteiger partial charge in [-0.2, -0.15) is 0 Å². The highest BCUT2D eigenvalue weighted by atomic mass is 19.1. The molecule has 0 atom stereocenters. The molecule has 0 aromatic heterocycles. The Labute approximate surface area is 155 Å². The highest BCUT2D eigenvalue weighted by Crippen LogP contribution is 2.20. The standard InChI is InChI=1S/C19H30FN5O/c1-19(2,17(26)21-3)13-23-18(22-4)24-15-8-10-25(11-9-15)16-7-5-6-14(20)12-16/h5-7,12,15H,8-11,13H2,1-4H3,(H,21,26)(H2,22,23,24). The predicted molar refractivity (Wildman–Crippen MR) is 104 cm³/mol. The van der Waals surface area contributed by atoms with Gasteiger partial charge in [-0.05, 0) is 44.9 Å². The van der Waals surface area contributed by atoms with Crippen molar-refractivity contribution in [2.75, 3.05) is 38.6 Å². The molecule has 1 heterocycles. The van der Waals surface area contributed by atoms with Crippen molar-refractivity contribution in [1.82, 2.24) is 16.0 Å². The highest BCUT2D eigenvalue weighted by molar-refractivity contribution is 5.84. The van der Waals surface area contributed by atoms with Gasteiger partial charge in [0.2, 0.25) is 5.91 Å². The van der Waals surface area contributed by atoms with E-state index in [0.717, 1.165) is 31.6 Å². The first-order valence-corrected chi connectivity index (χ1v) is 9.05. The monoisotopic (exact) mass is 363 g/mol. The zero-order valence-corrected chi connectivity index (χ0v) is 16.1. The van der Waals surface area contributed by atoms with Crippen LogP contribution in [0, 0.1) is 11.2 Å². The number of carbonyl (C=O) groups is 1. The van der Waals surface area contributed by atoms with E-state index in [2.05, 4.69) is 25.8 Å². The average molecular weight is 363 g/mol. The summed E-state index contributed by atoms with van der Waals surface area (Å²) < 4.78 is 13.4. The minimum Gasteiger partial charge on any atom is -0.371 e. The van der Waals surface area contributed by atoms with Crippen LogP contribution in [0.25, 0.3) is 0 Å². The van der Waals surface area contributed by atoms with E-state index in [9.17, 15) is 9.18 Å². The van der Waals surface area contributed by atoms with Crippen LogP contribution in [0.1, 0.15) is 26.7 Å². The number of anilines is 1. The van der Waals surface area contributed by atoms with E-state index in [0.29, 0.717) is 18.5 Å². The Morgan fingerprint density at radius 2 is 2.04 bits per heavy atom. The summed E-state index contributed by atoms with van der Waals surface area (Å²) in [6.07, 6.45) is 1.88.